The topological polar surface area (TPSA) is 82.4 Å². The number of aromatic nitrogens is 1. The predicted molar refractivity (Wildman–Crippen MR) is 177 cm³/mol. The molecule has 0 fully saturated rings. The minimum atomic E-state index is -0.790. The number of benzene rings is 3. The molecule has 9 heteroatoms. The van der Waals surface area contributed by atoms with Gasteiger partial charge in [0, 0.05) is 36.0 Å². The van der Waals surface area contributed by atoms with Crippen LogP contribution in [0, 0.1) is 0 Å². The van der Waals surface area contributed by atoms with Crippen molar-refractivity contribution in [3.8, 4) is 11.5 Å². The zero-order chi connectivity index (χ0) is 31.4. The van der Waals surface area contributed by atoms with E-state index < -0.39 is 12.0 Å². The normalized spacial score (nSPS) is 14.8. The van der Waals surface area contributed by atoms with E-state index in [9.17, 15) is 9.59 Å². The first-order valence-electron chi connectivity index (χ1n) is 15.1. The van der Waals surface area contributed by atoms with Crippen LogP contribution in [-0.2, 0) is 9.53 Å². The smallest absolute Gasteiger partial charge is 0.338 e. The maximum absolute atomic E-state index is 14.4. The van der Waals surface area contributed by atoms with Crippen molar-refractivity contribution in [1.29, 1.82) is 0 Å². The van der Waals surface area contributed by atoms with Crippen LogP contribution in [0.3, 0.4) is 0 Å². The molecule has 0 spiro atoms. The Morgan fingerprint density at radius 1 is 1.00 bits per heavy atom. The summed E-state index contributed by atoms with van der Waals surface area (Å²) in [4.78, 5) is 35.8. The molecule has 5 rings (SSSR count). The van der Waals surface area contributed by atoms with Gasteiger partial charge in [-0.3, -0.25) is 9.36 Å². The maximum Gasteiger partial charge on any atom is 0.338 e. The molecule has 0 N–H and O–H groups in total. The van der Waals surface area contributed by atoms with Gasteiger partial charge < -0.3 is 19.1 Å². The van der Waals surface area contributed by atoms with E-state index in [-0.39, 0.29) is 12.2 Å². The molecule has 0 unspecified atom stereocenters. The van der Waals surface area contributed by atoms with Gasteiger partial charge in [-0.2, -0.15) is 0 Å². The third-order valence-electron chi connectivity index (χ3n) is 7.95. The molecule has 1 aliphatic heterocycles. The number of esters is 1. The third kappa shape index (κ3) is 5.64. The summed E-state index contributed by atoms with van der Waals surface area (Å²) >= 11 is 1.30. The van der Waals surface area contributed by atoms with Crippen molar-refractivity contribution in [2.45, 2.75) is 46.6 Å². The highest BCUT2D eigenvalue weighted by molar-refractivity contribution is 7.07. The second-order valence-corrected chi connectivity index (χ2v) is 11.4. The average molecular weight is 614 g/mol. The lowest BCUT2D eigenvalue weighted by Gasteiger charge is -2.28. The van der Waals surface area contributed by atoms with Crippen molar-refractivity contribution in [1.82, 2.24) is 4.57 Å². The summed E-state index contributed by atoms with van der Waals surface area (Å²) in [5, 5.41) is 1.86. The zero-order valence-electron chi connectivity index (χ0n) is 26.2. The summed E-state index contributed by atoms with van der Waals surface area (Å²) in [7, 11) is 3.24. The molecule has 4 aromatic rings. The molecular formula is C35H39N3O5S. The number of thiazole rings is 1. The van der Waals surface area contributed by atoms with Gasteiger partial charge in [-0.25, -0.2) is 9.79 Å². The van der Waals surface area contributed by atoms with Crippen LogP contribution < -0.4 is 29.3 Å². The van der Waals surface area contributed by atoms with E-state index in [4.69, 9.17) is 19.2 Å². The first-order valence-corrected chi connectivity index (χ1v) is 15.9. The van der Waals surface area contributed by atoms with E-state index in [1.54, 1.807) is 25.7 Å². The molecule has 0 aliphatic carbocycles. The summed E-state index contributed by atoms with van der Waals surface area (Å²) < 4.78 is 19.4. The lowest BCUT2D eigenvalue weighted by atomic mass is 9.90. The first kappa shape index (κ1) is 31.1. The van der Waals surface area contributed by atoms with Crippen molar-refractivity contribution in [3.63, 3.8) is 0 Å². The van der Waals surface area contributed by atoms with Crippen LogP contribution >= 0.6 is 11.3 Å². The third-order valence-corrected chi connectivity index (χ3v) is 8.93. The van der Waals surface area contributed by atoms with E-state index >= 15 is 0 Å². The molecular weight excluding hydrogens is 574 g/mol. The van der Waals surface area contributed by atoms with Crippen LogP contribution in [0.4, 0.5) is 5.69 Å². The summed E-state index contributed by atoms with van der Waals surface area (Å²) in [6, 6.07) is 17.0. The molecule has 8 nitrogen and oxygen atoms in total. The predicted octanol–water partition coefficient (Wildman–Crippen LogP) is 5.60. The molecule has 44 heavy (non-hydrogen) atoms. The standard InChI is InChI=1S/C35H39N3O5S/c1-7-13-26-31(34(40)43-10-4)32(30-25-15-12-11-14-22(25)17-19-27(30)41-5)38-33(39)29(44-35(38)36-26)20-23-16-18-24(21-28(23)42-6)37(8-2)9-3/h11-12,14-21,32H,7-10,13H2,1-6H3/b29-20-/t32-/m0/s1. The fraction of sp³-hybridized carbons (Fsp3) is 0.343. The summed E-state index contributed by atoms with van der Waals surface area (Å²) in [6.45, 7) is 10.00. The number of carbonyl (C=O) groups excluding carboxylic acids is 1. The largest absolute Gasteiger partial charge is 0.496 e. The number of ether oxygens (including phenoxy) is 3. The van der Waals surface area contributed by atoms with Crippen LogP contribution in [0.5, 0.6) is 11.5 Å². The number of allylic oxidation sites excluding steroid dienone is 1. The van der Waals surface area contributed by atoms with Gasteiger partial charge in [-0.05, 0) is 62.2 Å². The summed E-state index contributed by atoms with van der Waals surface area (Å²) in [5.74, 6) is 0.769. The number of hydrogen-bond donors (Lipinski definition) is 0. The molecule has 0 saturated heterocycles. The number of rotatable bonds is 11. The van der Waals surface area contributed by atoms with Crippen LogP contribution in [-0.4, -0.2) is 44.5 Å². The van der Waals surface area contributed by atoms with Gasteiger partial charge in [-0.1, -0.05) is 55.0 Å². The number of fused-ring (bicyclic) bond motifs is 2. The molecule has 230 valence electrons. The van der Waals surface area contributed by atoms with Gasteiger partial charge >= 0.3 is 5.97 Å². The van der Waals surface area contributed by atoms with Crippen molar-refractivity contribution in [2.75, 3.05) is 38.8 Å². The van der Waals surface area contributed by atoms with Crippen molar-refractivity contribution in [2.24, 2.45) is 4.99 Å². The number of hydrogen-bond acceptors (Lipinski definition) is 8. The number of anilines is 1. The molecule has 1 aliphatic rings. The lowest BCUT2D eigenvalue weighted by Crippen LogP contribution is -2.40. The zero-order valence-corrected chi connectivity index (χ0v) is 27.0. The number of nitrogens with zero attached hydrogens (tertiary/aromatic N) is 3. The second kappa shape index (κ2) is 13.5. The van der Waals surface area contributed by atoms with Gasteiger partial charge in [0.1, 0.15) is 17.5 Å². The van der Waals surface area contributed by atoms with Gasteiger partial charge in [-0.15, -0.1) is 0 Å². The second-order valence-electron chi connectivity index (χ2n) is 10.4. The van der Waals surface area contributed by atoms with E-state index in [0.717, 1.165) is 47.1 Å². The van der Waals surface area contributed by atoms with Crippen LogP contribution in [0.1, 0.15) is 57.7 Å². The molecule has 1 atom stereocenters. The highest BCUT2D eigenvalue weighted by Crippen LogP contribution is 2.41. The van der Waals surface area contributed by atoms with Crippen LogP contribution in [0.25, 0.3) is 16.8 Å². The minimum absolute atomic E-state index is 0.203. The van der Waals surface area contributed by atoms with E-state index in [0.29, 0.717) is 38.5 Å². The molecule has 1 aromatic heterocycles. The summed E-state index contributed by atoms with van der Waals surface area (Å²) in [5.41, 5.74) is 3.30. The van der Waals surface area contributed by atoms with E-state index in [1.807, 2.05) is 67.6 Å². The van der Waals surface area contributed by atoms with Crippen LogP contribution in [0.15, 0.2) is 75.7 Å². The van der Waals surface area contributed by atoms with Gasteiger partial charge in [0.05, 0.1) is 36.6 Å². The molecule has 2 heterocycles. The molecule has 0 amide bonds. The van der Waals surface area contributed by atoms with Crippen LogP contribution in [0.2, 0.25) is 0 Å². The highest BCUT2D eigenvalue weighted by Gasteiger charge is 2.37. The van der Waals surface area contributed by atoms with Gasteiger partial charge in [0.15, 0.2) is 4.80 Å². The first-order chi connectivity index (χ1) is 21.4. The Bertz CT molecular complexity index is 1900. The van der Waals surface area contributed by atoms with Crippen molar-refractivity contribution in [3.05, 3.63) is 96.7 Å². The Kier molecular flexibility index (Phi) is 9.54. The Labute approximate surface area is 261 Å². The highest BCUT2D eigenvalue weighted by atomic mass is 32.1. The molecule has 3 aromatic carbocycles. The number of methoxy groups -OCH3 is 2. The Morgan fingerprint density at radius 2 is 1.75 bits per heavy atom. The molecule has 0 saturated carbocycles. The molecule has 0 radical (unpaired) electrons. The van der Waals surface area contributed by atoms with E-state index in [1.165, 1.54) is 11.3 Å². The molecule has 0 bridgehead atoms. The lowest BCUT2D eigenvalue weighted by molar-refractivity contribution is -0.139. The number of carbonyl (C=O) groups is 1. The Hall–Kier alpha value is -4.37. The van der Waals surface area contributed by atoms with Gasteiger partial charge in [0.25, 0.3) is 5.56 Å². The summed E-state index contributed by atoms with van der Waals surface area (Å²) in [6.07, 6.45) is 3.18. The minimum Gasteiger partial charge on any atom is -0.496 e. The maximum atomic E-state index is 14.4. The van der Waals surface area contributed by atoms with Gasteiger partial charge in [0.2, 0.25) is 0 Å². The van der Waals surface area contributed by atoms with Crippen molar-refractivity contribution >= 4 is 39.8 Å². The fourth-order valence-electron chi connectivity index (χ4n) is 5.88. The Morgan fingerprint density at radius 3 is 2.43 bits per heavy atom. The Balaban J connectivity index is 1.82. The SMILES string of the molecule is CCCC1=C(C(=O)OCC)[C@H](c2c(OC)ccc3ccccc23)n2c(s/c(=C\c3ccc(N(CC)CC)cc3OC)c2=O)=N1. The quantitative estimate of drug-likeness (QED) is 0.205. The monoisotopic (exact) mass is 613 g/mol. The fourth-order valence-corrected chi connectivity index (χ4v) is 6.89. The average Bonchev–Trinajstić information content (AvgIpc) is 3.35. The van der Waals surface area contributed by atoms with E-state index in [2.05, 4.69) is 18.7 Å². The van der Waals surface area contributed by atoms with Crippen molar-refractivity contribution < 1.29 is 19.0 Å².